The Kier molecular flexibility index (Phi) is 5.88. The predicted molar refractivity (Wildman–Crippen MR) is 91.4 cm³/mol. The normalized spacial score (nSPS) is 11.5. The van der Waals surface area contributed by atoms with Crippen LogP contribution in [-0.2, 0) is 9.53 Å². The number of benzene rings is 2. The minimum absolute atomic E-state index is 0.0338. The summed E-state index contributed by atoms with van der Waals surface area (Å²) >= 11 is 5.79. The van der Waals surface area contributed by atoms with Gasteiger partial charge in [-0.3, -0.25) is 9.59 Å². The van der Waals surface area contributed by atoms with Gasteiger partial charge >= 0.3 is 5.97 Å². The van der Waals surface area contributed by atoms with Gasteiger partial charge in [0.1, 0.15) is 5.82 Å². The van der Waals surface area contributed by atoms with Crippen molar-refractivity contribution in [1.82, 2.24) is 0 Å². The Labute approximate surface area is 148 Å². The second kappa shape index (κ2) is 7.90. The van der Waals surface area contributed by atoms with Gasteiger partial charge in [-0.15, -0.1) is 0 Å². The Morgan fingerprint density at radius 2 is 1.76 bits per heavy atom. The summed E-state index contributed by atoms with van der Waals surface area (Å²) in [5.41, 5.74) is 0.940. The SMILES string of the molecule is CC(=O)c1ccc(NC(=O)[C@@H](C)OC(=O)c2ccc(F)cc2Cl)cc1. The van der Waals surface area contributed by atoms with Crippen LogP contribution in [-0.4, -0.2) is 23.8 Å². The number of ether oxygens (including phenoxy) is 1. The van der Waals surface area contributed by atoms with Crippen LogP contribution in [0.5, 0.6) is 0 Å². The van der Waals surface area contributed by atoms with Gasteiger partial charge in [-0.1, -0.05) is 11.6 Å². The van der Waals surface area contributed by atoms with Crippen molar-refractivity contribution in [3.05, 3.63) is 64.4 Å². The second-order valence-electron chi connectivity index (χ2n) is 5.29. The van der Waals surface area contributed by atoms with Crippen LogP contribution >= 0.6 is 11.6 Å². The quantitative estimate of drug-likeness (QED) is 0.646. The summed E-state index contributed by atoms with van der Waals surface area (Å²) in [5, 5.41) is 2.47. The third-order valence-electron chi connectivity index (χ3n) is 3.36. The van der Waals surface area contributed by atoms with E-state index in [-0.39, 0.29) is 16.4 Å². The summed E-state index contributed by atoms with van der Waals surface area (Å²) in [6, 6.07) is 9.54. The van der Waals surface area contributed by atoms with Gasteiger partial charge in [0.25, 0.3) is 5.91 Å². The number of nitrogens with one attached hydrogen (secondary N) is 1. The molecule has 2 rings (SSSR count). The number of halogens is 2. The molecule has 0 aliphatic rings. The van der Waals surface area contributed by atoms with Crippen LogP contribution in [0, 0.1) is 5.82 Å². The van der Waals surface area contributed by atoms with Gasteiger partial charge in [-0.05, 0) is 56.3 Å². The van der Waals surface area contributed by atoms with E-state index in [0.29, 0.717) is 11.3 Å². The zero-order valence-electron chi connectivity index (χ0n) is 13.5. The minimum Gasteiger partial charge on any atom is -0.449 e. The van der Waals surface area contributed by atoms with Crippen LogP contribution in [0.25, 0.3) is 0 Å². The first-order chi connectivity index (χ1) is 11.8. The van der Waals surface area contributed by atoms with Crippen molar-refractivity contribution in [3.8, 4) is 0 Å². The Morgan fingerprint density at radius 3 is 2.32 bits per heavy atom. The lowest BCUT2D eigenvalue weighted by atomic mass is 10.1. The molecule has 0 unspecified atom stereocenters. The van der Waals surface area contributed by atoms with E-state index < -0.39 is 23.8 Å². The molecule has 0 heterocycles. The number of carbonyl (C=O) groups excluding carboxylic acids is 3. The number of amides is 1. The molecular weight excluding hydrogens is 349 g/mol. The third-order valence-corrected chi connectivity index (χ3v) is 3.68. The number of carbonyl (C=O) groups is 3. The number of esters is 1. The van der Waals surface area contributed by atoms with Crippen molar-refractivity contribution >= 4 is 34.9 Å². The van der Waals surface area contributed by atoms with Gasteiger partial charge < -0.3 is 10.1 Å². The van der Waals surface area contributed by atoms with E-state index in [2.05, 4.69) is 5.32 Å². The average molecular weight is 364 g/mol. The highest BCUT2D eigenvalue weighted by Crippen LogP contribution is 2.19. The predicted octanol–water partition coefficient (Wildman–Crippen LogP) is 3.87. The first-order valence-corrected chi connectivity index (χ1v) is 7.73. The van der Waals surface area contributed by atoms with E-state index >= 15 is 0 Å². The first-order valence-electron chi connectivity index (χ1n) is 7.36. The number of hydrogen-bond acceptors (Lipinski definition) is 4. The van der Waals surface area contributed by atoms with Gasteiger partial charge in [0, 0.05) is 11.3 Å². The van der Waals surface area contributed by atoms with Crippen LogP contribution in [0.2, 0.25) is 5.02 Å². The van der Waals surface area contributed by atoms with Crippen LogP contribution in [0.3, 0.4) is 0 Å². The minimum atomic E-state index is -1.10. The van der Waals surface area contributed by atoms with E-state index in [1.807, 2.05) is 0 Å². The molecule has 0 saturated carbocycles. The maximum absolute atomic E-state index is 13.0. The zero-order chi connectivity index (χ0) is 18.6. The van der Waals surface area contributed by atoms with Crippen LogP contribution in [0.1, 0.15) is 34.6 Å². The highest BCUT2D eigenvalue weighted by molar-refractivity contribution is 6.33. The van der Waals surface area contributed by atoms with Crippen molar-refractivity contribution in [1.29, 1.82) is 0 Å². The Hall–Kier alpha value is -2.73. The lowest BCUT2D eigenvalue weighted by Crippen LogP contribution is -2.30. The van der Waals surface area contributed by atoms with E-state index in [1.54, 1.807) is 24.3 Å². The molecule has 0 bridgehead atoms. The summed E-state index contributed by atoms with van der Waals surface area (Å²) in [6.07, 6.45) is -1.10. The summed E-state index contributed by atoms with van der Waals surface area (Å²) in [7, 11) is 0. The van der Waals surface area contributed by atoms with Crippen molar-refractivity contribution in [2.45, 2.75) is 20.0 Å². The summed E-state index contributed by atoms with van der Waals surface area (Å²) < 4.78 is 18.0. The molecule has 2 aromatic rings. The van der Waals surface area contributed by atoms with Crippen molar-refractivity contribution in [2.24, 2.45) is 0 Å². The molecule has 0 aliphatic heterocycles. The molecule has 130 valence electrons. The van der Waals surface area contributed by atoms with Crippen molar-refractivity contribution in [2.75, 3.05) is 5.32 Å². The molecule has 0 fully saturated rings. The number of hydrogen-bond donors (Lipinski definition) is 1. The maximum Gasteiger partial charge on any atom is 0.340 e. The van der Waals surface area contributed by atoms with Gasteiger partial charge in [-0.2, -0.15) is 0 Å². The Bertz CT molecular complexity index is 820. The zero-order valence-corrected chi connectivity index (χ0v) is 14.3. The molecule has 0 saturated heterocycles. The summed E-state index contributed by atoms with van der Waals surface area (Å²) in [4.78, 5) is 35.3. The lowest BCUT2D eigenvalue weighted by molar-refractivity contribution is -0.123. The molecule has 2 aromatic carbocycles. The molecule has 0 radical (unpaired) electrons. The molecule has 5 nitrogen and oxygen atoms in total. The summed E-state index contributed by atoms with van der Waals surface area (Å²) in [5.74, 6) is -2.06. The van der Waals surface area contributed by atoms with Crippen LogP contribution < -0.4 is 5.32 Å². The van der Waals surface area contributed by atoms with E-state index in [0.717, 1.165) is 12.1 Å². The standard InChI is InChI=1S/C18H15ClFNO4/c1-10(22)12-3-6-14(7-4-12)21-17(23)11(2)25-18(24)15-8-5-13(20)9-16(15)19/h3-9,11H,1-2H3,(H,21,23)/t11-/m1/s1. The fourth-order valence-corrected chi connectivity index (χ4v) is 2.21. The average Bonchev–Trinajstić information content (AvgIpc) is 2.55. The van der Waals surface area contributed by atoms with Crippen LogP contribution in [0.15, 0.2) is 42.5 Å². The molecule has 0 spiro atoms. The number of rotatable bonds is 5. The smallest absolute Gasteiger partial charge is 0.340 e. The molecule has 1 amide bonds. The highest BCUT2D eigenvalue weighted by Gasteiger charge is 2.21. The fraction of sp³-hybridized carbons (Fsp3) is 0.167. The molecule has 7 heteroatoms. The summed E-state index contributed by atoms with van der Waals surface area (Å²) in [6.45, 7) is 2.84. The topological polar surface area (TPSA) is 72.5 Å². The molecule has 1 atom stereocenters. The van der Waals surface area contributed by atoms with Crippen LogP contribution in [0.4, 0.5) is 10.1 Å². The Balaban J connectivity index is 1.99. The third kappa shape index (κ3) is 4.87. The fourth-order valence-electron chi connectivity index (χ4n) is 1.96. The van der Waals surface area contributed by atoms with E-state index in [1.165, 1.54) is 19.9 Å². The van der Waals surface area contributed by atoms with Crippen molar-refractivity contribution < 1.29 is 23.5 Å². The molecule has 0 aromatic heterocycles. The van der Waals surface area contributed by atoms with Gasteiger partial charge in [0.2, 0.25) is 0 Å². The monoisotopic (exact) mass is 363 g/mol. The number of Topliss-reactive ketones (excluding diaryl/α,β-unsaturated/α-hetero) is 1. The largest absolute Gasteiger partial charge is 0.449 e. The van der Waals surface area contributed by atoms with Gasteiger partial charge in [-0.25, -0.2) is 9.18 Å². The van der Waals surface area contributed by atoms with Gasteiger partial charge in [0.15, 0.2) is 11.9 Å². The lowest BCUT2D eigenvalue weighted by Gasteiger charge is -2.14. The molecule has 1 N–H and O–H groups in total. The first kappa shape index (κ1) is 18.6. The molecule has 25 heavy (non-hydrogen) atoms. The van der Waals surface area contributed by atoms with Crippen molar-refractivity contribution in [3.63, 3.8) is 0 Å². The number of anilines is 1. The molecule has 0 aliphatic carbocycles. The Morgan fingerprint density at radius 1 is 1.12 bits per heavy atom. The molecular formula is C18H15ClFNO4. The van der Waals surface area contributed by atoms with E-state index in [4.69, 9.17) is 16.3 Å². The highest BCUT2D eigenvalue weighted by atomic mass is 35.5. The van der Waals surface area contributed by atoms with Gasteiger partial charge in [0.05, 0.1) is 10.6 Å². The van der Waals surface area contributed by atoms with E-state index in [9.17, 15) is 18.8 Å². The second-order valence-corrected chi connectivity index (χ2v) is 5.70. The maximum atomic E-state index is 13.0. The number of ketones is 1.